The quantitative estimate of drug-likeness (QED) is 0.839. The third-order valence-electron chi connectivity index (χ3n) is 2.63. The van der Waals surface area contributed by atoms with Gasteiger partial charge in [0.15, 0.2) is 0 Å². The fourth-order valence-corrected chi connectivity index (χ4v) is 3.26. The molecule has 90 valence electrons. The van der Waals surface area contributed by atoms with E-state index in [2.05, 4.69) is 0 Å². The lowest BCUT2D eigenvalue weighted by Gasteiger charge is -2.12. The van der Waals surface area contributed by atoms with Crippen molar-refractivity contribution in [2.24, 2.45) is 0 Å². The van der Waals surface area contributed by atoms with Crippen molar-refractivity contribution in [1.82, 2.24) is 3.97 Å². The summed E-state index contributed by atoms with van der Waals surface area (Å²) in [6.07, 6.45) is 1.59. The molecule has 17 heavy (non-hydrogen) atoms. The van der Waals surface area contributed by atoms with E-state index in [1.54, 1.807) is 42.6 Å². The van der Waals surface area contributed by atoms with E-state index in [0.717, 1.165) is 5.69 Å². The molecule has 0 saturated carbocycles. The van der Waals surface area contributed by atoms with Crippen LogP contribution in [0.2, 0.25) is 0 Å². The summed E-state index contributed by atoms with van der Waals surface area (Å²) < 4.78 is 26.1. The molecule has 0 unspecified atom stereocenters. The highest BCUT2D eigenvalue weighted by molar-refractivity contribution is 7.90. The van der Waals surface area contributed by atoms with Crippen LogP contribution in [0.25, 0.3) is 0 Å². The molecule has 0 aliphatic heterocycles. The molecular formula is C13H15NO2S. The van der Waals surface area contributed by atoms with E-state index in [-0.39, 0.29) is 5.92 Å². The van der Waals surface area contributed by atoms with Crippen LogP contribution in [-0.4, -0.2) is 12.4 Å². The van der Waals surface area contributed by atoms with Crippen molar-refractivity contribution in [1.29, 1.82) is 0 Å². The Morgan fingerprint density at radius 3 is 2.24 bits per heavy atom. The lowest BCUT2D eigenvalue weighted by molar-refractivity contribution is 0.583. The molecule has 0 fully saturated rings. The zero-order chi connectivity index (χ0) is 12.5. The highest BCUT2D eigenvalue weighted by Gasteiger charge is 2.19. The summed E-state index contributed by atoms with van der Waals surface area (Å²) in [5.74, 6) is 0.170. The van der Waals surface area contributed by atoms with Gasteiger partial charge in [0, 0.05) is 11.9 Å². The number of rotatable bonds is 3. The molecule has 4 heteroatoms. The fraction of sp³-hybridized carbons (Fsp3) is 0.231. The van der Waals surface area contributed by atoms with Gasteiger partial charge in [-0.1, -0.05) is 32.0 Å². The van der Waals surface area contributed by atoms with Gasteiger partial charge in [-0.25, -0.2) is 12.4 Å². The second kappa shape index (κ2) is 4.37. The molecule has 2 aromatic rings. The first kappa shape index (κ1) is 11.9. The molecule has 1 aromatic heterocycles. The third kappa shape index (κ3) is 2.13. The fourth-order valence-electron chi connectivity index (χ4n) is 1.75. The van der Waals surface area contributed by atoms with Crippen molar-refractivity contribution in [2.45, 2.75) is 24.7 Å². The maximum Gasteiger partial charge on any atom is 0.267 e. The molecule has 1 aromatic carbocycles. The van der Waals surface area contributed by atoms with Gasteiger partial charge in [-0.15, -0.1) is 0 Å². The van der Waals surface area contributed by atoms with Crippen molar-refractivity contribution in [3.05, 3.63) is 54.4 Å². The maximum atomic E-state index is 12.4. The molecule has 3 nitrogen and oxygen atoms in total. The average Bonchev–Trinajstić information content (AvgIpc) is 2.80. The molecule has 2 rings (SSSR count). The smallest absolute Gasteiger partial charge is 0.246 e. The molecule has 0 radical (unpaired) electrons. The second-order valence-corrected chi connectivity index (χ2v) is 6.02. The van der Waals surface area contributed by atoms with Crippen LogP contribution in [0.5, 0.6) is 0 Å². The lowest BCUT2D eigenvalue weighted by atomic mass is 10.1. The predicted octanol–water partition coefficient (Wildman–Crippen LogP) is 2.85. The van der Waals surface area contributed by atoms with Gasteiger partial charge in [0.2, 0.25) is 0 Å². The standard InChI is InChI=1S/C13H15NO2S/c1-11(2)13-9-6-10-14(13)17(15,16)12-7-4-3-5-8-12/h3-11H,1-2H3. The van der Waals surface area contributed by atoms with E-state index in [1.165, 1.54) is 3.97 Å². The maximum absolute atomic E-state index is 12.4. The average molecular weight is 249 g/mol. The van der Waals surface area contributed by atoms with E-state index in [9.17, 15) is 8.42 Å². The first-order chi connectivity index (χ1) is 8.03. The van der Waals surface area contributed by atoms with Gasteiger partial charge in [-0.05, 0) is 30.2 Å². The van der Waals surface area contributed by atoms with E-state index in [0.29, 0.717) is 4.90 Å². The minimum atomic E-state index is -3.45. The van der Waals surface area contributed by atoms with Crippen LogP contribution in [0.3, 0.4) is 0 Å². The van der Waals surface area contributed by atoms with Crippen LogP contribution in [0.15, 0.2) is 53.6 Å². The number of hydrogen-bond acceptors (Lipinski definition) is 2. The van der Waals surface area contributed by atoms with Crippen molar-refractivity contribution in [3.63, 3.8) is 0 Å². The van der Waals surface area contributed by atoms with Crippen LogP contribution in [-0.2, 0) is 10.0 Å². The summed E-state index contributed by atoms with van der Waals surface area (Å²) in [5.41, 5.74) is 0.800. The molecular weight excluding hydrogens is 234 g/mol. The summed E-state index contributed by atoms with van der Waals surface area (Å²) >= 11 is 0. The summed E-state index contributed by atoms with van der Waals surface area (Å²) in [5, 5.41) is 0. The van der Waals surface area contributed by atoms with Gasteiger partial charge < -0.3 is 0 Å². The molecule has 0 bridgehead atoms. The van der Waals surface area contributed by atoms with Gasteiger partial charge in [0.25, 0.3) is 10.0 Å². The SMILES string of the molecule is CC(C)c1cccn1S(=O)(=O)c1ccccc1. The first-order valence-corrected chi connectivity index (χ1v) is 6.95. The van der Waals surface area contributed by atoms with Gasteiger partial charge >= 0.3 is 0 Å². The highest BCUT2D eigenvalue weighted by atomic mass is 32.2. The Hall–Kier alpha value is -1.55. The van der Waals surface area contributed by atoms with Crippen molar-refractivity contribution < 1.29 is 8.42 Å². The molecule has 0 spiro atoms. The Kier molecular flexibility index (Phi) is 3.07. The zero-order valence-electron chi connectivity index (χ0n) is 9.87. The normalized spacial score (nSPS) is 11.9. The van der Waals surface area contributed by atoms with Crippen molar-refractivity contribution in [2.75, 3.05) is 0 Å². The largest absolute Gasteiger partial charge is 0.267 e. The third-order valence-corrected chi connectivity index (χ3v) is 4.35. The van der Waals surface area contributed by atoms with Crippen LogP contribution in [0.1, 0.15) is 25.5 Å². The molecule has 0 aliphatic carbocycles. The van der Waals surface area contributed by atoms with Crippen LogP contribution in [0.4, 0.5) is 0 Å². The molecule has 0 N–H and O–H groups in total. The number of nitrogens with zero attached hydrogens (tertiary/aromatic N) is 1. The van der Waals surface area contributed by atoms with E-state index < -0.39 is 10.0 Å². The Labute approximate surface area is 102 Å². The topological polar surface area (TPSA) is 39.1 Å². The van der Waals surface area contributed by atoms with Crippen molar-refractivity contribution in [3.8, 4) is 0 Å². The monoisotopic (exact) mass is 249 g/mol. The number of hydrogen-bond donors (Lipinski definition) is 0. The van der Waals surface area contributed by atoms with Crippen LogP contribution >= 0.6 is 0 Å². The summed E-state index contributed by atoms with van der Waals surface area (Å²) in [6, 6.07) is 12.1. The van der Waals surface area contributed by atoms with Gasteiger partial charge in [-0.2, -0.15) is 0 Å². The van der Waals surface area contributed by atoms with Crippen LogP contribution < -0.4 is 0 Å². The van der Waals surface area contributed by atoms with E-state index in [1.807, 2.05) is 19.9 Å². The molecule has 1 heterocycles. The van der Waals surface area contributed by atoms with E-state index in [4.69, 9.17) is 0 Å². The van der Waals surface area contributed by atoms with E-state index >= 15 is 0 Å². The first-order valence-electron chi connectivity index (χ1n) is 5.51. The van der Waals surface area contributed by atoms with Gasteiger partial charge in [0.05, 0.1) is 4.90 Å². The van der Waals surface area contributed by atoms with Gasteiger partial charge in [-0.3, -0.25) is 0 Å². The Morgan fingerprint density at radius 2 is 1.65 bits per heavy atom. The Morgan fingerprint density at radius 1 is 1.00 bits per heavy atom. The second-order valence-electron chi connectivity index (χ2n) is 4.20. The molecule has 0 saturated heterocycles. The Balaban J connectivity index is 2.57. The zero-order valence-corrected chi connectivity index (χ0v) is 10.7. The Bertz CT molecular complexity index is 597. The molecule has 0 aliphatic rings. The summed E-state index contributed by atoms with van der Waals surface area (Å²) in [4.78, 5) is 0.318. The van der Waals surface area contributed by atoms with Crippen LogP contribution in [0, 0.1) is 0 Å². The minimum Gasteiger partial charge on any atom is -0.246 e. The number of aromatic nitrogens is 1. The lowest BCUT2D eigenvalue weighted by Crippen LogP contribution is -2.15. The van der Waals surface area contributed by atoms with Gasteiger partial charge in [0.1, 0.15) is 0 Å². The minimum absolute atomic E-state index is 0.170. The molecule has 0 amide bonds. The summed E-state index contributed by atoms with van der Waals surface area (Å²) in [6.45, 7) is 3.96. The molecule has 0 atom stereocenters. The highest BCUT2D eigenvalue weighted by Crippen LogP contribution is 2.21. The summed E-state index contributed by atoms with van der Waals surface area (Å²) in [7, 11) is -3.45. The van der Waals surface area contributed by atoms with Crippen molar-refractivity contribution >= 4 is 10.0 Å². The predicted molar refractivity (Wildman–Crippen MR) is 67.5 cm³/mol. The number of benzene rings is 1.